The van der Waals surface area contributed by atoms with Gasteiger partial charge in [-0.1, -0.05) is 5.57 Å². The van der Waals surface area contributed by atoms with E-state index >= 15 is 0 Å². The van der Waals surface area contributed by atoms with Crippen molar-refractivity contribution in [2.45, 2.75) is 54.9 Å². The zero-order valence-corrected chi connectivity index (χ0v) is 24.2. The molecule has 17 heteroatoms. The molecule has 0 N–H and O–H groups in total. The molecule has 2 aliphatic carbocycles. The van der Waals surface area contributed by atoms with Crippen LogP contribution in [-0.4, -0.2) is 56.5 Å². The van der Waals surface area contributed by atoms with Gasteiger partial charge in [0.15, 0.2) is 15.6 Å². The number of pyridine rings is 1. The molecule has 1 fully saturated rings. The van der Waals surface area contributed by atoms with E-state index in [4.69, 9.17) is 0 Å². The summed E-state index contributed by atoms with van der Waals surface area (Å²) >= 11 is 0. The van der Waals surface area contributed by atoms with Crippen LogP contribution in [0.1, 0.15) is 41.0 Å². The van der Waals surface area contributed by atoms with Crippen LogP contribution in [0.2, 0.25) is 0 Å². The molecule has 9 nitrogen and oxygen atoms in total. The van der Waals surface area contributed by atoms with Crippen LogP contribution in [0.4, 0.5) is 30.7 Å². The highest BCUT2D eigenvalue weighted by molar-refractivity contribution is 7.92. The SMILES string of the molecule is O=C(c1cc(OC(F)(F)F)ccn1)[C@]12Cc3cnn(-c4ccc(F)cc4)c3C=C1CC[C@H](S(=O)(=O)c1cnn(CC(F)(F)F)c1)C2. The number of fused-ring (bicyclic) bond motifs is 2. The Bertz CT molecular complexity index is 1950. The lowest BCUT2D eigenvalue weighted by Gasteiger charge is -2.43. The zero-order valence-electron chi connectivity index (χ0n) is 23.4. The first kappa shape index (κ1) is 31.4. The van der Waals surface area contributed by atoms with E-state index in [1.165, 1.54) is 35.1 Å². The van der Waals surface area contributed by atoms with Gasteiger partial charge in [-0.3, -0.25) is 14.5 Å². The van der Waals surface area contributed by atoms with E-state index in [1.807, 2.05) is 0 Å². The maximum atomic E-state index is 14.3. The van der Waals surface area contributed by atoms with Gasteiger partial charge < -0.3 is 4.74 Å². The Labute approximate surface area is 256 Å². The largest absolute Gasteiger partial charge is 0.573 e. The summed E-state index contributed by atoms with van der Waals surface area (Å²) in [6.45, 7) is -1.51. The van der Waals surface area contributed by atoms with E-state index in [-0.39, 0.29) is 25.7 Å². The van der Waals surface area contributed by atoms with Gasteiger partial charge in [0, 0.05) is 18.5 Å². The lowest BCUT2D eigenvalue weighted by atomic mass is 9.61. The monoisotopic (exact) mass is 669 g/mol. The normalized spacial score (nSPS) is 20.1. The third-order valence-electron chi connectivity index (χ3n) is 8.04. The Kier molecular flexibility index (Phi) is 7.56. The molecule has 1 aromatic carbocycles. The summed E-state index contributed by atoms with van der Waals surface area (Å²) in [5, 5.41) is 6.65. The molecular weight excluding hydrogens is 647 g/mol. The highest BCUT2D eigenvalue weighted by atomic mass is 32.2. The van der Waals surface area contributed by atoms with Crippen molar-refractivity contribution in [3.8, 4) is 11.4 Å². The van der Waals surface area contributed by atoms with Crippen LogP contribution >= 0.6 is 0 Å². The average Bonchev–Trinajstić information content (AvgIpc) is 3.61. The first-order chi connectivity index (χ1) is 21.5. The molecular formula is C29H22F7N5O4S. The number of carbonyl (C=O) groups excluding carboxylic acids is 1. The van der Waals surface area contributed by atoms with Crippen LogP contribution in [0.25, 0.3) is 11.8 Å². The molecule has 2 atom stereocenters. The minimum Gasteiger partial charge on any atom is -0.406 e. The second kappa shape index (κ2) is 11.1. The van der Waals surface area contributed by atoms with Crippen molar-refractivity contribution >= 4 is 21.7 Å². The number of nitrogens with zero attached hydrogens (tertiary/aromatic N) is 5. The lowest BCUT2D eigenvalue weighted by molar-refractivity contribution is -0.274. The van der Waals surface area contributed by atoms with Gasteiger partial charge in [-0.2, -0.15) is 23.4 Å². The molecule has 0 aliphatic heterocycles. The molecule has 0 radical (unpaired) electrons. The minimum atomic E-state index is -5.06. The number of hydrogen-bond acceptors (Lipinski definition) is 7. The maximum absolute atomic E-state index is 14.3. The molecule has 4 aromatic rings. The summed E-state index contributed by atoms with van der Waals surface area (Å²) in [6.07, 6.45) is -4.48. The number of alkyl halides is 6. The van der Waals surface area contributed by atoms with Crippen molar-refractivity contribution in [3.05, 3.63) is 89.5 Å². The van der Waals surface area contributed by atoms with Crippen LogP contribution < -0.4 is 4.74 Å². The average molecular weight is 670 g/mol. The van der Waals surface area contributed by atoms with E-state index in [0.717, 1.165) is 30.7 Å². The van der Waals surface area contributed by atoms with Gasteiger partial charge in [-0.15, -0.1) is 13.2 Å². The first-order valence-corrected chi connectivity index (χ1v) is 15.2. The number of ether oxygens (including phenoxy) is 1. The summed E-state index contributed by atoms with van der Waals surface area (Å²) in [7, 11) is -4.33. The lowest BCUT2D eigenvalue weighted by Crippen LogP contribution is -2.45. The molecule has 46 heavy (non-hydrogen) atoms. The highest BCUT2D eigenvalue weighted by Crippen LogP contribution is 2.52. The fraction of sp³-hybridized carbons (Fsp3) is 0.310. The first-order valence-electron chi connectivity index (χ1n) is 13.7. The summed E-state index contributed by atoms with van der Waals surface area (Å²) in [5.41, 5.74) is -0.00729. The summed E-state index contributed by atoms with van der Waals surface area (Å²) < 4.78 is 125. The second-order valence-electron chi connectivity index (χ2n) is 11.0. The van der Waals surface area contributed by atoms with E-state index in [2.05, 4.69) is 19.9 Å². The van der Waals surface area contributed by atoms with Crippen LogP contribution in [0, 0.1) is 11.2 Å². The number of carbonyl (C=O) groups is 1. The predicted molar refractivity (Wildman–Crippen MR) is 146 cm³/mol. The summed E-state index contributed by atoms with van der Waals surface area (Å²) in [4.78, 5) is 17.8. The van der Waals surface area contributed by atoms with Gasteiger partial charge >= 0.3 is 12.5 Å². The quantitative estimate of drug-likeness (QED) is 0.178. The van der Waals surface area contributed by atoms with Crippen molar-refractivity contribution in [2.24, 2.45) is 5.41 Å². The number of halogens is 7. The van der Waals surface area contributed by atoms with Gasteiger partial charge in [0.05, 0.1) is 34.4 Å². The van der Waals surface area contributed by atoms with Crippen molar-refractivity contribution in [3.63, 3.8) is 0 Å². The third kappa shape index (κ3) is 6.02. The van der Waals surface area contributed by atoms with Crippen LogP contribution in [0.5, 0.6) is 5.75 Å². The van der Waals surface area contributed by atoms with Gasteiger partial charge in [-0.25, -0.2) is 17.5 Å². The Hall–Kier alpha value is -4.54. The van der Waals surface area contributed by atoms with Gasteiger partial charge in [0.25, 0.3) is 0 Å². The molecule has 3 aromatic heterocycles. The van der Waals surface area contributed by atoms with Crippen molar-refractivity contribution in [1.29, 1.82) is 0 Å². The summed E-state index contributed by atoms with van der Waals surface area (Å²) in [5.74, 6) is -1.94. The molecule has 6 rings (SSSR count). The molecule has 0 unspecified atom stereocenters. The number of allylic oxidation sites excluding steroid dienone is 1. The maximum Gasteiger partial charge on any atom is 0.573 e. The molecule has 0 bridgehead atoms. The number of rotatable bonds is 7. The van der Waals surface area contributed by atoms with Crippen LogP contribution in [0.3, 0.4) is 0 Å². The number of ketones is 1. The fourth-order valence-electron chi connectivity index (χ4n) is 6.05. The number of hydrogen-bond donors (Lipinski definition) is 0. The molecule has 3 heterocycles. The third-order valence-corrected chi connectivity index (χ3v) is 10.2. The second-order valence-corrected chi connectivity index (χ2v) is 13.3. The van der Waals surface area contributed by atoms with Crippen molar-refractivity contribution in [1.82, 2.24) is 24.5 Å². The van der Waals surface area contributed by atoms with Crippen molar-refractivity contribution < 1.29 is 48.7 Å². The number of sulfone groups is 1. The zero-order chi connectivity index (χ0) is 33.1. The highest BCUT2D eigenvalue weighted by Gasteiger charge is 2.52. The van der Waals surface area contributed by atoms with E-state index in [1.54, 1.807) is 6.08 Å². The number of benzene rings is 1. The minimum absolute atomic E-state index is 0.0156. The summed E-state index contributed by atoms with van der Waals surface area (Å²) in [6, 6.07) is 7.19. The van der Waals surface area contributed by atoms with Crippen LogP contribution in [0.15, 0.2) is 71.7 Å². The number of Topliss-reactive ketones (excluding diaryl/α,β-unsaturated/α-hetero) is 1. The Morgan fingerprint density at radius 3 is 2.48 bits per heavy atom. The van der Waals surface area contributed by atoms with E-state index in [0.29, 0.717) is 27.2 Å². The van der Waals surface area contributed by atoms with E-state index < -0.39 is 67.5 Å². The topological polar surface area (TPSA) is 109 Å². The molecule has 242 valence electrons. The van der Waals surface area contributed by atoms with Crippen molar-refractivity contribution in [2.75, 3.05) is 0 Å². The molecule has 0 saturated heterocycles. The fourth-order valence-corrected chi connectivity index (χ4v) is 7.83. The van der Waals surface area contributed by atoms with Gasteiger partial charge in [0.1, 0.15) is 28.7 Å². The van der Waals surface area contributed by atoms with Gasteiger partial charge in [-0.05, 0) is 67.7 Å². The van der Waals surface area contributed by atoms with E-state index in [9.17, 15) is 43.9 Å². The predicted octanol–water partition coefficient (Wildman–Crippen LogP) is 5.90. The Balaban J connectivity index is 1.41. The molecule has 1 saturated carbocycles. The van der Waals surface area contributed by atoms with Gasteiger partial charge in [0.2, 0.25) is 0 Å². The Morgan fingerprint density at radius 1 is 1.04 bits per heavy atom. The smallest absolute Gasteiger partial charge is 0.406 e. The molecule has 0 amide bonds. The molecule has 0 spiro atoms. The Morgan fingerprint density at radius 2 is 1.78 bits per heavy atom. The standard InChI is InChI=1S/C29H22F7N5O4S/c30-19-2-4-20(5-3-19)41-25-9-18-1-6-22(46(43,44)23-14-38-40(15-23)16-28(31,32)33)12-27(18,11-17(25)13-39-41)26(42)24-10-21(7-8-37-24)45-29(34,35)36/h2-5,7-10,13-15,22H,1,6,11-12,16H2/t22-,27-/m0/s1. The van der Waals surface area contributed by atoms with Crippen LogP contribution in [-0.2, 0) is 22.8 Å². The number of aromatic nitrogens is 5. The molecule has 2 aliphatic rings.